The highest BCUT2D eigenvalue weighted by atomic mass is 15.2. The molecular weight excluding hydrogens is 232 g/mol. The van der Waals surface area contributed by atoms with Gasteiger partial charge in [-0.1, -0.05) is 33.1 Å². The first-order valence-electron chi connectivity index (χ1n) is 8.71. The van der Waals surface area contributed by atoms with Gasteiger partial charge in [0.05, 0.1) is 0 Å². The normalized spacial score (nSPS) is 35.2. The van der Waals surface area contributed by atoms with E-state index in [1.165, 1.54) is 64.5 Å². The summed E-state index contributed by atoms with van der Waals surface area (Å²) in [6.45, 7) is 9.64. The van der Waals surface area contributed by atoms with Crippen LogP contribution in [0.3, 0.4) is 0 Å². The Bertz CT molecular complexity index is 254. The van der Waals surface area contributed by atoms with Gasteiger partial charge in [-0.15, -0.1) is 0 Å². The van der Waals surface area contributed by atoms with E-state index >= 15 is 0 Å². The van der Waals surface area contributed by atoms with Crippen LogP contribution in [0.4, 0.5) is 0 Å². The molecule has 1 aliphatic heterocycles. The second kappa shape index (κ2) is 7.64. The van der Waals surface area contributed by atoms with E-state index < -0.39 is 0 Å². The number of piperidine rings is 1. The Labute approximate surface area is 120 Å². The first-order valence-corrected chi connectivity index (χ1v) is 8.71. The minimum Gasteiger partial charge on any atom is -0.313 e. The second-order valence-electron chi connectivity index (χ2n) is 6.97. The van der Waals surface area contributed by atoms with Crippen molar-refractivity contribution in [3.63, 3.8) is 0 Å². The van der Waals surface area contributed by atoms with E-state index in [9.17, 15) is 0 Å². The topological polar surface area (TPSA) is 15.3 Å². The first-order chi connectivity index (χ1) is 9.22. The lowest BCUT2D eigenvalue weighted by Crippen LogP contribution is -2.55. The van der Waals surface area contributed by atoms with Crippen LogP contribution in [-0.2, 0) is 0 Å². The van der Waals surface area contributed by atoms with Gasteiger partial charge in [-0.05, 0) is 58.0 Å². The molecule has 2 rings (SSSR count). The molecule has 0 radical (unpaired) electrons. The number of hydrogen-bond donors (Lipinski definition) is 1. The maximum absolute atomic E-state index is 3.74. The van der Waals surface area contributed by atoms with Gasteiger partial charge < -0.3 is 5.32 Å². The maximum atomic E-state index is 3.74. The molecule has 0 bridgehead atoms. The fourth-order valence-electron chi connectivity index (χ4n) is 4.18. The molecule has 1 N–H and O–H groups in total. The summed E-state index contributed by atoms with van der Waals surface area (Å²) < 4.78 is 0. The molecule has 4 atom stereocenters. The van der Waals surface area contributed by atoms with E-state index in [2.05, 4.69) is 31.0 Å². The van der Waals surface area contributed by atoms with Gasteiger partial charge in [-0.25, -0.2) is 0 Å². The molecular formula is C17H34N2. The van der Waals surface area contributed by atoms with Crippen LogP contribution in [0.25, 0.3) is 0 Å². The molecule has 1 saturated heterocycles. The third kappa shape index (κ3) is 4.19. The van der Waals surface area contributed by atoms with Gasteiger partial charge in [-0.3, -0.25) is 4.90 Å². The van der Waals surface area contributed by atoms with Crippen molar-refractivity contribution < 1.29 is 0 Å². The number of likely N-dealkylation sites (tertiary alicyclic amines) is 1. The molecule has 0 aromatic rings. The lowest BCUT2D eigenvalue weighted by molar-refractivity contribution is 0.0444. The van der Waals surface area contributed by atoms with Crippen LogP contribution < -0.4 is 5.32 Å². The summed E-state index contributed by atoms with van der Waals surface area (Å²) in [6, 6.07) is 2.33. The number of rotatable bonds is 5. The minimum atomic E-state index is 0.664. The van der Waals surface area contributed by atoms with Crippen molar-refractivity contribution >= 4 is 0 Å². The fraction of sp³-hybridized carbons (Fsp3) is 1.00. The Hall–Kier alpha value is -0.0800. The number of hydrogen-bond acceptors (Lipinski definition) is 2. The summed E-state index contributed by atoms with van der Waals surface area (Å²) in [5.41, 5.74) is 0. The Morgan fingerprint density at radius 3 is 2.74 bits per heavy atom. The fourth-order valence-corrected chi connectivity index (χ4v) is 4.18. The molecule has 0 aromatic heterocycles. The van der Waals surface area contributed by atoms with E-state index in [1.807, 2.05) is 0 Å². The molecule has 2 aliphatic rings. The minimum absolute atomic E-state index is 0.664. The van der Waals surface area contributed by atoms with Crippen LogP contribution in [0, 0.1) is 5.92 Å². The quantitative estimate of drug-likeness (QED) is 0.814. The zero-order chi connectivity index (χ0) is 13.7. The van der Waals surface area contributed by atoms with Crippen molar-refractivity contribution in [1.29, 1.82) is 0 Å². The second-order valence-corrected chi connectivity index (χ2v) is 6.97. The highest BCUT2D eigenvalue weighted by Gasteiger charge is 2.33. The molecule has 0 aromatic carbocycles. The molecule has 1 aliphatic carbocycles. The van der Waals surface area contributed by atoms with Gasteiger partial charge in [0.2, 0.25) is 0 Å². The molecule has 2 heteroatoms. The van der Waals surface area contributed by atoms with Crippen molar-refractivity contribution in [1.82, 2.24) is 10.2 Å². The van der Waals surface area contributed by atoms with Crippen molar-refractivity contribution in [2.45, 2.75) is 90.3 Å². The largest absolute Gasteiger partial charge is 0.313 e. The van der Waals surface area contributed by atoms with Crippen LogP contribution in [0.15, 0.2) is 0 Å². The Morgan fingerprint density at radius 2 is 2.00 bits per heavy atom. The predicted molar refractivity (Wildman–Crippen MR) is 83.5 cm³/mol. The standard InChI is InChI=1S/C17H34N2/c1-4-11-18-15(3)17-10-5-6-12-19(17)16-9-7-8-14(2)13-16/h14-18H,4-13H2,1-3H3. The van der Waals surface area contributed by atoms with Crippen LogP contribution in [0.2, 0.25) is 0 Å². The van der Waals surface area contributed by atoms with Crippen LogP contribution in [0.1, 0.15) is 72.1 Å². The zero-order valence-corrected chi connectivity index (χ0v) is 13.3. The highest BCUT2D eigenvalue weighted by Crippen LogP contribution is 2.32. The van der Waals surface area contributed by atoms with Crippen LogP contribution in [-0.4, -0.2) is 36.1 Å². The van der Waals surface area contributed by atoms with E-state index in [4.69, 9.17) is 0 Å². The van der Waals surface area contributed by atoms with Gasteiger partial charge in [0.1, 0.15) is 0 Å². The van der Waals surface area contributed by atoms with Crippen LogP contribution in [0.5, 0.6) is 0 Å². The van der Waals surface area contributed by atoms with Gasteiger partial charge in [0.15, 0.2) is 0 Å². The van der Waals surface area contributed by atoms with E-state index in [0.717, 1.165) is 18.0 Å². The van der Waals surface area contributed by atoms with Crippen molar-refractivity contribution in [3.05, 3.63) is 0 Å². The summed E-state index contributed by atoms with van der Waals surface area (Å²) in [6.07, 6.45) is 11.3. The third-order valence-corrected chi connectivity index (χ3v) is 5.26. The molecule has 0 amide bonds. The van der Waals surface area contributed by atoms with Crippen molar-refractivity contribution in [3.8, 4) is 0 Å². The molecule has 4 unspecified atom stereocenters. The van der Waals surface area contributed by atoms with Gasteiger partial charge in [0.25, 0.3) is 0 Å². The van der Waals surface area contributed by atoms with E-state index in [0.29, 0.717) is 6.04 Å². The molecule has 112 valence electrons. The summed E-state index contributed by atoms with van der Waals surface area (Å²) >= 11 is 0. The first kappa shape index (κ1) is 15.3. The molecule has 1 heterocycles. The van der Waals surface area contributed by atoms with Crippen molar-refractivity contribution in [2.24, 2.45) is 5.92 Å². The molecule has 2 nitrogen and oxygen atoms in total. The maximum Gasteiger partial charge on any atom is 0.0249 e. The lowest BCUT2D eigenvalue weighted by atomic mass is 9.83. The smallest absolute Gasteiger partial charge is 0.0249 e. The zero-order valence-electron chi connectivity index (χ0n) is 13.3. The molecule has 19 heavy (non-hydrogen) atoms. The molecule has 0 spiro atoms. The van der Waals surface area contributed by atoms with Crippen molar-refractivity contribution in [2.75, 3.05) is 13.1 Å². The number of nitrogens with zero attached hydrogens (tertiary/aromatic N) is 1. The van der Waals surface area contributed by atoms with Gasteiger partial charge in [-0.2, -0.15) is 0 Å². The highest BCUT2D eigenvalue weighted by molar-refractivity contribution is 4.90. The summed E-state index contributed by atoms with van der Waals surface area (Å²) in [5, 5.41) is 3.74. The Kier molecular flexibility index (Phi) is 6.15. The average molecular weight is 266 g/mol. The summed E-state index contributed by atoms with van der Waals surface area (Å²) in [7, 11) is 0. The lowest BCUT2D eigenvalue weighted by Gasteiger charge is -2.46. The third-order valence-electron chi connectivity index (χ3n) is 5.26. The number of nitrogens with one attached hydrogen (secondary N) is 1. The Morgan fingerprint density at radius 1 is 1.16 bits per heavy atom. The van der Waals surface area contributed by atoms with E-state index in [1.54, 1.807) is 0 Å². The summed E-state index contributed by atoms with van der Waals surface area (Å²) in [4.78, 5) is 2.88. The average Bonchev–Trinajstić information content (AvgIpc) is 2.45. The monoisotopic (exact) mass is 266 g/mol. The van der Waals surface area contributed by atoms with Gasteiger partial charge in [0, 0.05) is 18.1 Å². The molecule has 2 fully saturated rings. The van der Waals surface area contributed by atoms with Crippen LogP contribution >= 0.6 is 0 Å². The Balaban J connectivity index is 1.94. The predicted octanol–water partition coefficient (Wildman–Crippen LogP) is 3.81. The van der Waals surface area contributed by atoms with E-state index in [-0.39, 0.29) is 0 Å². The summed E-state index contributed by atoms with van der Waals surface area (Å²) in [5.74, 6) is 0.945. The molecule has 1 saturated carbocycles. The van der Waals surface area contributed by atoms with Gasteiger partial charge >= 0.3 is 0 Å². The SMILES string of the molecule is CCCNC(C)C1CCCCN1C1CCCC(C)C1.